The van der Waals surface area contributed by atoms with Crippen molar-refractivity contribution in [1.29, 1.82) is 0 Å². The average molecular weight is 440 g/mol. The van der Waals surface area contributed by atoms with Gasteiger partial charge in [0.1, 0.15) is 10.1 Å². The SMILES string of the molecule is COC(=O)CCC1(CCC(=O)OC)c2ccccc2-c2ccc(S(=O)(=O)[O-])cc21.[Na+]. The van der Waals surface area contributed by atoms with Gasteiger partial charge in [-0.1, -0.05) is 30.3 Å². The summed E-state index contributed by atoms with van der Waals surface area (Å²) in [6.07, 6.45) is 0.728. The Balaban J connectivity index is 0.00000320. The van der Waals surface area contributed by atoms with Crippen LogP contribution in [0.3, 0.4) is 0 Å². The molecule has 0 atom stereocenters. The van der Waals surface area contributed by atoms with Crippen LogP contribution in [0.1, 0.15) is 36.8 Å². The van der Waals surface area contributed by atoms with Gasteiger partial charge >= 0.3 is 41.5 Å². The van der Waals surface area contributed by atoms with Crippen molar-refractivity contribution >= 4 is 22.1 Å². The van der Waals surface area contributed by atoms with E-state index in [1.165, 1.54) is 26.4 Å². The van der Waals surface area contributed by atoms with E-state index in [0.717, 1.165) is 16.7 Å². The smallest absolute Gasteiger partial charge is 0.744 e. The van der Waals surface area contributed by atoms with E-state index >= 15 is 0 Å². The fraction of sp³-hybridized carbons (Fsp3) is 0.333. The number of rotatable bonds is 7. The van der Waals surface area contributed by atoms with Gasteiger partial charge in [0.25, 0.3) is 0 Å². The minimum Gasteiger partial charge on any atom is -0.744 e. The standard InChI is InChI=1S/C21H22O7S.Na/c1-27-19(22)9-11-21(12-10-20(23)28-2)17-6-4-3-5-15(17)16-8-7-14(13-18(16)21)29(24,25)26;/h3-8,13H,9-12H2,1-2H3,(H,24,25,26);/q;+1/p-1. The van der Waals surface area contributed by atoms with Crippen LogP contribution in [-0.2, 0) is 34.6 Å². The molecule has 0 aromatic heterocycles. The minimum atomic E-state index is -4.67. The van der Waals surface area contributed by atoms with Crippen LogP contribution in [0.15, 0.2) is 47.4 Å². The third-order valence-corrected chi connectivity index (χ3v) is 6.33. The monoisotopic (exact) mass is 440 g/mol. The van der Waals surface area contributed by atoms with Crippen LogP contribution < -0.4 is 29.6 Å². The van der Waals surface area contributed by atoms with Crippen molar-refractivity contribution in [3.63, 3.8) is 0 Å². The first-order valence-electron chi connectivity index (χ1n) is 9.07. The summed E-state index contributed by atoms with van der Waals surface area (Å²) in [5.41, 5.74) is 2.33. The Hall–Kier alpha value is -1.71. The van der Waals surface area contributed by atoms with E-state index in [2.05, 4.69) is 0 Å². The summed E-state index contributed by atoms with van der Waals surface area (Å²) in [6.45, 7) is 0. The van der Waals surface area contributed by atoms with Gasteiger partial charge in [-0.2, -0.15) is 0 Å². The molecule has 0 N–H and O–H groups in total. The van der Waals surface area contributed by atoms with Crippen molar-refractivity contribution in [3.05, 3.63) is 53.6 Å². The number of carbonyl (C=O) groups is 2. The van der Waals surface area contributed by atoms with E-state index in [1.54, 1.807) is 6.07 Å². The molecule has 0 unspecified atom stereocenters. The van der Waals surface area contributed by atoms with Gasteiger partial charge < -0.3 is 14.0 Å². The molecule has 1 aliphatic rings. The molecule has 30 heavy (non-hydrogen) atoms. The molecule has 1 aliphatic carbocycles. The number of ether oxygens (including phenoxy) is 2. The van der Waals surface area contributed by atoms with Gasteiger partial charge in [-0.25, -0.2) is 8.42 Å². The summed E-state index contributed by atoms with van der Waals surface area (Å²) >= 11 is 0. The van der Waals surface area contributed by atoms with E-state index in [9.17, 15) is 22.6 Å². The zero-order valence-electron chi connectivity index (χ0n) is 17.1. The van der Waals surface area contributed by atoms with Crippen LogP contribution in [-0.4, -0.2) is 39.1 Å². The van der Waals surface area contributed by atoms with Crippen molar-refractivity contribution in [1.82, 2.24) is 0 Å². The van der Waals surface area contributed by atoms with Crippen molar-refractivity contribution in [2.45, 2.75) is 36.0 Å². The van der Waals surface area contributed by atoms with Gasteiger partial charge in [0.15, 0.2) is 0 Å². The van der Waals surface area contributed by atoms with E-state index in [-0.39, 0.29) is 47.3 Å². The second-order valence-electron chi connectivity index (χ2n) is 6.94. The van der Waals surface area contributed by atoms with Crippen molar-refractivity contribution in [3.8, 4) is 11.1 Å². The van der Waals surface area contributed by atoms with Gasteiger partial charge in [-0.15, -0.1) is 0 Å². The van der Waals surface area contributed by atoms with Gasteiger partial charge in [-0.05, 0) is 47.2 Å². The van der Waals surface area contributed by atoms with E-state index in [4.69, 9.17) is 9.47 Å². The molecule has 0 heterocycles. The number of fused-ring (bicyclic) bond motifs is 3. The molecule has 3 rings (SSSR count). The van der Waals surface area contributed by atoms with Crippen LogP contribution in [0, 0.1) is 0 Å². The molecular formula is C21H21NaO7S. The molecule has 0 saturated heterocycles. The quantitative estimate of drug-likeness (QED) is 0.332. The topological polar surface area (TPSA) is 110 Å². The summed E-state index contributed by atoms with van der Waals surface area (Å²) in [4.78, 5) is 23.4. The molecule has 0 saturated carbocycles. The summed E-state index contributed by atoms with van der Waals surface area (Å²) in [5, 5.41) is 0. The first kappa shape index (κ1) is 24.6. The number of hydrogen-bond donors (Lipinski definition) is 0. The number of hydrogen-bond acceptors (Lipinski definition) is 7. The Labute approximate surface area is 197 Å². The fourth-order valence-corrected chi connectivity index (χ4v) is 4.59. The van der Waals surface area contributed by atoms with Crippen LogP contribution in [0.4, 0.5) is 0 Å². The van der Waals surface area contributed by atoms with Crippen LogP contribution in [0.2, 0.25) is 0 Å². The summed E-state index contributed by atoms with van der Waals surface area (Å²) in [6, 6.07) is 11.8. The van der Waals surface area contributed by atoms with Crippen molar-refractivity contribution in [2.75, 3.05) is 14.2 Å². The van der Waals surface area contributed by atoms with Crippen LogP contribution in [0.25, 0.3) is 11.1 Å². The van der Waals surface area contributed by atoms with Crippen LogP contribution >= 0.6 is 0 Å². The molecule has 7 nitrogen and oxygen atoms in total. The third-order valence-electron chi connectivity index (χ3n) is 5.50. The fourth-order valence-electron chi connectivity index (χ4n) is 4.09. The Bertz CT molecular complexity index is 1040. The molecule has 0 fully saturated rings. The number of methoxy groups -OCH3 is 2. The molecule has 9 heteroatoms. The molecule has 0 amide bonds. The Morgan fingerprint density at radius 2 is 1.43 bits per heavy atom. The molecule has 154 valence electrons. The second-order valence-corrected chi connectivity index (χ2v) is 8.32. The van der Waals surface area contributed by atoms with Gasteiger partial charge in [0, 0.05) is 18.3 Å². The van der Waals surface area contributed by atoms with Gasteiger partial charge in [0.2, 0.25) is 0 Å². The van der Waals surface area contributed by atoms with Crippen LogP contribution in [0.5, 0.6) is 0 Å². The molecule has 0 radical (unpaired) electrons. The number of esters is 2. The second kappa shape index (κ2) is 9.62. The molecule has 0 bridgehead atoms. The average Bonchev–Trinajstić information content (AvgIpc) is 2.99. The molecule has 0 spiro atoms. The zero-order chi connectivity index (χ0) is 21.2. The third kappa shape index (κ3) is 4.63. The maximum atomic E-state index is 11.9. The zero-order valence-corrected chi connectivity index (χ0v) is 20.0. The van der Waals surface area contributed by atoms with E-state index in [1.807, 2.05) is 24.3 Å². The Morgan fingerprint density at radius 1 is 0.900 bits per heavy atom. The summed E-state index contributed by atoms with van der Waals surface area (Å²) in [7, 11) is -2.08. The summed E-state index contributed by atoms with van der Waals surface area (Å²) in [5.74, 6) is -0.832. The Kier molecular flexibility index (Phi) is 7.87. The predicted molar refractivity (Wildman–Crippen MR) is 103 cm³/mol. The van der Waals surface area contributed by atoms with Crippen molar-refractivity contribution < 1.29 is 61.6 Å². The normalized spacial score (nSPS) is 13.6. The molecule has 2 aromatic rings. The van der Waals surface area contributed by atoms with Gasteiger partial charge in [-0.3, -0.25) is 9.59 Å². The molecular weight excluding hydrogens is 419 g/mol. The first-order chi connectivity index (χ1) is 13.7. The van der Waals surface area contributed by atoms with Crippen molar-refractivity contribution in [2.24, 2.45) is 0 Å². The maximum absolute atomic E-state index is 11.9. The molecule has 0 aliphatic heterocycles. The Morgan fingerprint density at radius 3 is 1.97 bits per heavy atom. The number of benzene rings is 2. The largest absolute Gasteiger partial charge is 1.00 e. The summed E-state index contributed by atoms with van der Waals surface area (Å²) < 4.78 is 44.5. The molecule has 2 aromatic carbocycles. The number of carbonyl (C=O) groups excluding carboxylic acids is 2. The predicted octanol–water partition coefficient (Wildman–Crippen LogP) is -0.232. The minimum absolute atomic E-state index is 0. The van der Waals surface area contributed by atoms with E-state index in [0.29, 0.717) is 18.4 Å². The maximum Gasteiger partial charge on any atom is 1.00 e. The van der Waals surface area contributed by atoms with Gasteiger partial charge in [0.05, 0.1) is 19.1 Å². The first-order valence-corrected chi connectivity index (χ1v) is 10.5. The van der Waals surface area contributed by atoms with E-state index < -0.39 is 27.5 Å².